The predicted octanol–water partition coefficient (Wildman–Crippen LogP) is 7.41. The number of benzene rings is 3. The van der Waals surface area contributed by atoms with Gasteiger partial charge >= 0.3 is 0 Å². The van der Waals surface area contributed by atoms with Gasteiger partial charge in [0.05, 0.1) is 18.5 Å². The number of carbonyl (C=O) groups is 1. The van der Waals surface area contributed by atoms with Crippen LogP contribution in [-0.4, -0.2) is 17.9 Å². The van der Waals surface area contributed by atoms with Crippen molar-refractivity contribution in [3.05, 3.63) is 99.9 Å². The molecule has 2 heterocycles. The van der Waals surface area contributed by atoms with Gasteiger partial charge < -0.3 is 10.5 Å². The van der Waals surface area contributed by atoms with Crippen molar-refractivity contribution in [2.75, 3.05) is 12.8 Å². The van der Waals surface area contributed by atoms with E-state index in [1.165, 1.54) is 16.9 Å². The Kier molecular flexibility index (Phi) is 5.82. The van der Waals surface area contributed by atoms with Crippen LogP contribution in [0.2, 0.25) is 5.02 Å². The number of rotatable bonds is 5. The van der Waals surface area contributed by atoms with Gasteiger partial charge in [-0.25, -0.2) is 4.98 Å². The lowest BCUT2D eigenvalue weighted by molar-refractivity contribution is 0.104. The van der Waals surface area contributed by atoms with E-state index >= 15 is 0 Å². The summed E-state index contributed by atoms with van der Waals surface area (Å²) in [5.41, 5.74) is 12.5. The number of anilines is 1. The van der Waals surface area contributed by atoms with Crippen molar-refractivity contribution in [2.24, 2.45) is 0 Å². The molecule has 0 radical (unpaired) electrons. The second kappa shape index (κ2) is 8.93. The van der Waals surface area contributed by atoms with Gasteiger partial charge in [0, 0.05) is 21.5 Å². The highest BCUT2D eigenvalue weighted by Gasteiger charge is 2.22. The van der Waals surface area contributed by atoms with Crippen molar-refractivity contribution >= 4 is 44.6 Å². The van der Waals surface area contributed by atoms with Gasteiger partial charge in [0.1, 0.15) is 15.5 Å². The Bertz CT molecular complexity index is 1510. The number of ketones is 1. The monoisotopic (exact) mass is 484 g/mol. The molecular weight excluding hydrogens is 464 g/mol. The van der Waals surface area contributed by atoms with E-state index < -0.39 is 0 Å². The number of ether oxygens (including phenoxy) is 1. The molecule has 5 rings (SSSR count). The zero-order valence-electron chi connectivity index (χ0n) is 18.6. The summed E-state index contributed by atoms with van der Waals surface area (Å²) in [6, 6.07) is 24.9. The van der Waals surface area contributed by atoms with E-state index in [0.29, 0.717) is 21.2 Å². The van der Waals surface area contributed by atoms with Crippen molar-refractivity contribution in [1.29, 1.82) is 0 Å². The van der Waals surface area contributed by atoms with Crippen LogP contribution >= 0.6 is 22.9 Å². The van der Waals surface area contributed by atoms with Crippen LogP contribution in [0.25, 0.3) is 32.6 Å². The average molecular weight is 485 g/mol. The molecule has 0 saturated carbocycles. The molecule has 0 aliphatic carbocycles. The summed E-state index contributed by atoms with van der Waals surface area (Å²) >= 11 is 7.32. The minimum absolute atomic E-state index is 0.144. The molecule has 0 aliphatic heterocycles. The maximum Gasteiger partial charge on any atom is 0.205 e. The third kappa shape index (κ3) is 4.04. The SMILES string of the molecule is COc1ccc(-c2cc(-c3ccc(C)cc3)nc3sc(C(=O)c4ccc(Cl)cc4)c(N)c23)cc1. The maximum absolute atomic E-state index is 13.3. The first kappa shape index (κ1) is 22.1. The molecule has 0 atom stereocenters. The van der Waals surface area contributed by atoms with E-state index in [-0.39, 0.29) is 5.78 Å². The molecule has 2 aromatic heterocycles. The van der Waals surface area contributed by atoms with Crippen molar-refractivity contribution in [3.63, 3.8) is 0 Å². The fourth-order valence-electron chi connectivity index (χ4n) is 3.89. The molecule has 0 unspecified atom stereocenters. The van der Waals surface area contributed by atoms with Crippen LogP contribution in [-0.2, 0) is 0 Å². The Morgan fingerprint density at radius 1 is 0.941 bits per heavy atom. The molecule has 34 heavy (non-hydrogen) atoms. The van der Waals surface area contributed by atoms with Crippen LogP contribution in [0.4, 0.5) is 5.69 Å². The summed E-state index contributed by atoms with van der Waals surface area (Å²) in [6.45, 7) is 2.05. The number of aryl methyl sites for hydroxylation is 1. The van der Waals surface area contributed by atoms with Crippen LogP contribution in [0.1, 0.15) is 20.8 Å². The fourth-order valence-corrected chi connectivity index (χ4v) is 5.10. The van der Waals surface area contributed by atoms with Crippen LogP contribution < -0.4 is 10.5 Å². The summed E-state index contributed by atoms with van der Waals surface area (Å²) in [7, 11) is 1.64. The first-order valence-electron chi connectivity index (χ1n) is 10.7. The van der Waals surface area contributed by atoms with Crippen molar-refractivity contribution in [1.82, 2.24) is 4.98 Å². The smallest absolute Gasteiger partial charge is 0.205 e. The molecule has 0 amide bonds. The molecule has 2 N–H and O–H groups in total. The van der Waals surface area contributed by atoms with Gasteiger partial charge in [-0.15, -0.1) is 11.3 Å². The lowest BCUT2D eigenvalue weighted by Crippen LogP contribution is -2.02. The molecule has 5 aromatic rings. The van der Waals surface area contributed by atoms with Crippen molar-refractivity contribution in [3.8, 4) is 28.1 Å². The summed E-state index contributed by atoms with van der Waals surface area (Å²) in [6.07, 6.45) is 0. The van der Waals surface area contributed by atoms with Crippen LogP contribution in [0.5, 0.6) is 5.75 Å². The van der Waals surface area contributed by atoms with Gasteiger partial charge in [0.25, 0.3) is 0 Å². The number of carbonyl (C=O) groups excluding carboxylic acids is 1. The number of hydrogen-bond donors (Lipinski definition) is 1. The Hall–Kier alpha value is -3.67. The zero-order valence-corrected chi connectivity index (χ0v) is 20.2. The summed E-state index contributed by atoms with van der Waals surface area (Å²) in [5, 5.41) is 1.36. The zero-order chi connectivity index (χ0) is 23.8. The quantitative estimate of drug-likeness (QED) is 0.264. The van der Waals surface area contributed by atoms with Crippen LogP contribution in [0, 0.1) is 6.92 Å². The maximum atomic E-state index is 13.3. The number of halogens is 1. The molecule has 0 bridgehead atoms. The number of nitrogens with zero attached hydrogens (tertiary/aromatic N) is 1. The van der Waals surface area contributed by atoms with E-state index in [1.54, 1.807) is 31.4 Å². The largest absolute Gasteiger partial charge is 0.497 e. The minimum atomic E-state index is -0.144. The Labute approximate surface area is 206 Å². The third-order valence-electron chi connectivity index (χ3n) is 5.76. The number of pyridine rings is 1. The van der Waals surface area contributed by atoms with Gasteiger partial charge in [-0.3, -0.25) is 4.79 Å². The lowest BCUT2D eigenvalue weighted by atomic mass is 9.98. The number of nitrogens with two attached hydrogens (primary N) is 1. The first-order chi connectivity index (χ1) is 16.4. The second-order valence-electron chi connectivity index (χ2n) is 8.01. The second-order valence-corrected chi connectivity index (χ2v) is 9.45. The number of hydrogen-bond acceptors (Lipinski definition) is 5. The average Bonchev–Trinajstić information content (AvgIpc) is 3.20. The molecule has 0 aliphatic rings. The minimum Gasteiger partial charge on any atom is -0.497 e. The standard InChI is InChI=1S/C28H21ClN2O2S/c1-16-3-5-18(6-4-16)23-15-22(17-9-13-21(33-2)14-10-17)24-25(30)27(34-28(24)31-23)26(32)19-7-11-20(29)12-8-19/h3-15H,30H2,1-2H3. The van der Waals surface area contributed by atoms with Gasteiger partial charge in [0.2, 0.25) is 5.78 Å². The predicted molar refractivity (Wildman–Crippen MR) is 141 cm³/mol. The van der Waals surface area contributed by atoms with E-state index in [9.17, 15) is 4.79 Å². The lowest BCUT2D eigenvalue weighted by Gasteiger charge is -2.10. The Morgan fingerprint density at radius 2 is 1.59 bits per heavy atom. The molecular formula is C28H21ClN2O2S. The Morgan fingerprint density at radius 3 is 2.24 bits per heavy atom. The number of fused-ring (bicyclic) bond motifs is 1. The van der Waals surface area contributed by atoms with Crippen LogP contribution in [0.3, 0.4) is 0 Å². The van der Waals surface area contributed by atoms with Gasteiger partial charge in [-0.05, 0) is 60.5 Å². The van der Waals surface area contributed by atoms with Gasteiger partial charge in [0.15, 0.2) is 0 Å². The first-order valence-corrected chi connectivity index (χ1v) is 11.9. The highest BCUT2D eigenvalue weighted by atomic mass is 35.5. The molecule has 0 spiro atoms. The van der Waals surface area contributed by atoms with E-state index in [4.69, 9.17) is 27.1 Å². The van der Waals surface area contributed by atoms with Crippen molar-refractivity contribution in [2.45, 2.75) is 6.92 Å². The van der Waals surface area contributed by atoms with Crippen molar-refractivity contribution < 1.29 is 9.53 Å². The third-order valence-corrected chi connectivity index (χ3v) is 7.11. The number of methoxy groups -OCH3 is 1. The summed E-state index contributed by atoms with van der Waals surface area (Å²) in [4.78, 5) is 19.4. The molecule has 0 fully saturated rings. The van der Waals surface area contributed by atoms with E-state index in [2.05, 4.69) is 31.2 Å². The van der Waals surface area contributed by atoms with Crippen LogP contribution in [0.15, 0.2) is 78.9 Å². The van der Waals surface area contributed by atoms with Gasteiger partial charge in [-0.1, -0.05) is 53.6 Å². The molecule has 3 aromatic carbocycles. The topological polar surface area (TPSA) is 65.2 Å². The van der Waals surface area contributed by atoms with E-state index in [1.807, 2.05) is 30.3 Å². The number of nitrogen functional groups attached to an aromatic ring is 1. The summed E-state index contributed by atoms with van der Waals surface area (Å²) in [5.74, 6) is 0.624. The molecule has 0 saturated heterocycles. The highest BCUT2D eigenvalue weighted by Crippen LogP contribution is 2.42. The number of thiophene rings is 1. The number of aromatic nitrogens is 1. The molecule has 4 nitrogen and oxygen atoms in total. The highest BCUT2D eigenvalue weighted by molar-refractivity contribution is 7.21. The van der Waals surface area contributed by atoms with E-state index in [0.717, 1.165) is 38.4 Å². The fraction of sp³-hybridized carbons (Fsp3) is 0.0714. The Balaban J connectivity index is 1.73. The van der Waals surface area contributed by atoms with Gasteiger partial charge in [-0.2, -0.15) is 0 Å². The summed E-state index contributed by atoms with van der Waals surface area (Å²) < 4.78 is 5.32. The normalized spacial score (nSPS) is 11.0. The molecule has 168 valence electrons. The molecule has 6 heteroatoms.